The molecule has 10 heteroatoms. The van der Waals surface area contributed by atoms with Gasteiger partial charge in [0, 0.05) is 37.1 Å². The topological polar surface area (TPSA) is 111 Å². The van der Waals surface area contributed by atoms with Gasteiger partial charge in [-0.1, -0.05) is 0 Å². The molecule has 9 nitrogen and oxygen atoms in total. The monoisotopic (exact) mass is 460 g/mol. The quantitative estimate of drug-likeness (QED) is 0.675. The number of nitrogens with zero attached hydrogens (tertiary/aromatic N) is 3. The molecule has 4 rings (SSSR count). The number of methoxy groups -OCH3 is 1. The van der Waals surface area contributed by atoms with Crippen molar-refractivity contribution in [2.45, 2.75) is 55.6 Å². The molecule has 0 bridgehead atoms. The molecule has 0 atom stereocenters. The minimum absolute atomic E-state index is 0.0103. The Balaban J connectivity index is 1.29. The average molecular weight is 461 g/mol. The Labute approximate surface area is 188 Å². The molecule has 1 aromatic heterocycles. The minimum atomic E-state index is -3.48. The van der Waals surface area contributed by atoms with Gasteiger partial charge in [0.1, 0.15) is 6.10 Å². The fraction of sp³-hybridized carbons (Fsp3) is 0.500. The Morgan fingerprint density at radius 1 is 1.00 bits per heavy atom. The van der Waals surface area contributed by atoms with E-state index in [0.717, 1.165) is 38.5 Å². The number of aromatic nitrogens is 2. The van der Waals surface area contributed by atoms with Crippen LogP contribution in [0.25, 0.3) is 0 Å². The van der Waals surface area contributed by atoms with Gasteiger partial charge in [0.05, 0.1) is 12.0 Å². The maximum absolute atomic E-state index is 12.6. The molecule has 32 heavy (non-hydrogen) atoms. The van der Waals surface area contributed by atoms with Crippen LogP contribution < -0.4 is 14.8 Å². The highest BCUT2D eigenvalue weighted by molar-refractivity contribution is 7.89. The van der Waals surface area contributed by atoms with Crippen molar-refractivity contribution in [2.24, 2.45) is 0 Å². The minimum Gasteiger partial charge on any atom is -0.477 e. The van der Waals surface area contributed by atoms with Crippen molar-refractivity contribution in [3.63, 3.8) is 0 Å². The molecule has 172 valence electrons. The van der Waals surface area contributed by atoms with Gasteiger partial charge in [0.15, 0.2) is 0 Å². The van der Waals surface area contributed by atoms with Crippen molar-refractivity contribution in [1.29, 1.82) is 0 Å². The predicted octanol–water partition coefficient (Wildman–Crippen LogP) is 2.39. The Morgan fingerprint density at radius 3 is 2.25 bits per heavy atom. The van der Waals surface area contributed by atoms with E-state index < -0.39 is 10.0 Å². The van der Waals surface area contributed by atoms with Crippen LogP contribution in [0.3, 0.4) is 0 Å². The third kappa shape index (κ3) is 5.02. The van der Waals surface area contributed by atoms with Gasteiger partial charge in [-0.05, 0) is 62.8 Å². The van der Waals surface area contributed by atoms with E-state index in [1.54, 1.807) is 24.5 Å². The fourth-order valence-electron chi connectivity index (χ4n) is 4.14. The van der Waals surface area contributed by atoms with Crippen LogP contribution in [0.2, 0.25) is 0 Å². The summed E-state index contributed by atoms with van der Waals surface area (Å²) in [6, 6.07) is 6.23. The number of benzene rings is 1. The summed E-state index contributed by atoms with van der Waals surface area (Å²) in [4.78, 5) is 21.1. The molecule has 1 aliphatic carbocycles. The van der Waals surface area contributed by atoms with Crippen molar-refractivity contribution in [3.05, 3.63) is 42.2 Å². The average Bonchev–Trinajstić information content (AvgIpc) is 3.37. The number of ether oxygens (including phenoxy) is 2. The molecular formula is C22H28N4O5S. The SMILES string of the molecule is COc1nccnc1OC1CCC(NC(=O)c2ccc(S(=O)(=O)N3CCCC3)cc2)CC1. The first-order valence-corrected chi connectivity index (χ1v) is 12.3. The number of carbonyl (C=O) groups excluding carboxylic acids is 1. The number of rotatable bonds is 7. The van der Waals surface area contributed by atoms with Gasteiger partial charge >= 0.3 is 0 Å². The zero-order valence-corrected chi connectivity index (χ0v) is 18.9. The molecule has 0 spiro atoms. The predicted molar refractivity (Wildman–Crippen MR) is 117 cm³/mol. The van der Waals surface area contributed by atoms with Crippen molar-refractivity contribution in [3.8, 4) is 11.8 Å². The molecule has 1 aromatic carbocycles. The molecule has 1 amide bonds. The molecule has 1 saturated heterocycles. The van der Waals surface area contributed by atoms with E-state index in [2.05, 4.69) is 15.3 Å². The summed E-state index contributed by atoms with van der Waals surface area (Å²) < 4.78 is 37.9. The lowest BCUT2D eigenvalue weighted by atomic mass is 9.92. The molecule has 2 fully saturated rings. The van der Waals surface area contributed by atoms with Crippen LogP contribution in [0.1, 0.15) is 48.9 Å². The summed E-state index contributed by atoms with van der Waals surface area (Å²) in [5.74, 6) is 0.541. The molecule has 1 N–H and O–H groups in total. The van der Waals surface area contributed by atoms with E-state index in [-0.39, 0.29) is 22.9 Å². The summed E-state index contributed by atoms with van der Waals surface area (Å²) >= 11 is 0. The van der Waals surface area contributed by atoms with Crippen LogP contribution in [0.4, 0.5) is 0 Å². The van der Waals surface area contributed by atoms with Gasteiger partial charge in [0.2, 0.25) is 10.0 Å². The highest BCUT2D eigenvalue weighted by Crippen LogP contribution is 2.27. The Bertz CT molecular complexity index is 1030. The van der Waals surface area contributed by atoms with Crippen LogP contribution >= 0.6 is 0 Å². The third-order valence-corrected chi connectivity index (χ3v) is 7.85. The zero-order chi connectivity index (χ0) is 22.6. The lowest BCUT2D eigenvalue weighted by molar-refractivity contribution is 0.0886. The summed E-state index contributed by atoms with van der Waals surface area (Å²) in [5.41, 5.74) is 0.452. The number of carbonyl (C=O) groups is 1. The Hall–Kier alpha value is -2.72. The highest BCUT2D eigenvalue weighted by Gasteiger charge is 2.28. The second-order valence-electron chi connectivity index (χ2n) is 8.07. The first-order chi connectivity index (χ1) is 15.5. The summed E-state index contributed by atoms with van der Waals surface area (Å²) in [6.45, 7) is 1.11. The van der Waals surface area contributed by atoms with Gasteiger partial charge in [-0.3, -0.25) is 4.79 Å². The van der Waals surface area contributed by atoms with Crippen LogP contribution in [-0.2, 0) is 10.0 Å². The second-order valence-corrected chi connectivity index (χ2v) is 10.0. The van der Waals surface area contributed by atoms with Gasteiger partial charge < -0.3 is 14.8 Å². The first kappa shape index (κ1) is 22.5. The van der Waals surface area contributed by atoms with Gasteiger partial charge in [-0.2, -0.15) is 4.31 Å². The maximum Gasteiger partial charge on any atom is 0.278 e. The summed E-state index contributed by atoms with van der Waals surface area (Å²) in [7, 11) is -1.95. The Morgan fingerprint density at radius 2 is 1.62 bits per heavy atom. The van der Waals surface area contributed by atoms with Crippen molar-refractivity contribution in [1.82, 2.24) is 19.6 Å². The lowest BCUT2D eigenvalue weighted by Gasteiger charge is -2.29. The summed E-state index contributed by atoms with van der Waals surface area (Å²) in [6.07, 6.45) is 7.98. The van der Waals surface area contributed by atoms with E-state index in [1.165, 1.54) is 23.5 Å². The molecular weight excluding hydrogens is 432 g/mol. The van der Waals surface area contributed by atoms with E-state index in [0.29, 0.717) is 30.4 Å². The molecule has 1 saturated carbocycles. The van der Waals surface area contributed by atoms with Crippen LogP contribution in [-0.4, -0.2) is 60.9 Å². The summed E-state index contributed by atoms with van der Waals surface area (Å²) in [5, 5.41) is 3.05. The van der Waals surface area contributed by atoms with Crippen LogP contribution in [0, 0.1) is 0 Å². The van der Waals surface area contributed by atoms with Crippen LogP contribution in [0.15, 0.2) is 41.6 Å². The number of hydrogen-bond donors (Lipinski definition) is 1. The van der Waals surface area contributed by atoms with Gasteiger partial charge in [-0.15, -0.1) is 0 Å². The molecule has 0 radical (unpaired) electrons. The van der Waals surface area contributed by atoms with Crippen LogP contribution in [0.5, 0.6) is 11.8 Å². The molecule has 2 heterocycles. The van der Waals surface area contributed by atoms with Gasteiger partial charge in [-0.25, -0.2) is 18.4 Å². The highest BCUT2D eigenvalue weighted by atomic mass is 32.2. The maximum atomic E-state index is 12.6. The number of amides is 1. The van der Waals surface area contributed by atoms with E-state index in [4.69, 9.17) is 9.47 Å². The van der Waals surface area contributed by atoms with Crippen molar-refractivity contribution in [2.75, 3.05) is 20.2 Å². The second kappa shape index (κ2) is 9.83. The number of hydrogen-bond acceptors (Lipinski definition) is 7. The normalized spacial score (nSPS) is 21.8. The zero-order valence-electron chi connectivity index (χ0n) is 18.1. The largest absolute Gasteiger partial charge is 0.477 e. The third-order valence-electron chi connectivity index (χ3n) is 5.93. The number of nitrogens with one attached hydrogen (secondary N) is 1. The molecule has 2 aliphatic rings. The number of sulfonamides is 1. The first-order valence-electron chi connectivity index (χ1n) is 10.9. The Kier molecular flexibility index (Phi) is 6.90. The van der Waals surface area contributed by atoms with E-state index in [1.807, 2.05) is 0 Å². The van der Waals surface area contributed by atoms with Gasteiger partial charge in [0.25, 0.3) is 17.7 Å². The van der Waals surface area contributed by atoms with Crippen molar-refractivity contribution >= 4 is 15.9 Å². The molecule has 2 aromatic rings. The lowest BCUT2D eigenvalue weighted by Crippen LogP contribution is -2.39. The standard InChI is InChI=1S/C22H28N4O5S/c1-30-21-22(24-13-12-23-21)31-18-8-6-17(7-9-18)25-20(27)16-4-10-19(11-5-16)32(28,29)26-14-2-3-15-26/h4-5,10-13,17-18H,2-3,6-9,14-15H2,1H3,(H,25,27). The van der Waals surface area contributed by atoms with E-state index >= 15 is 0 Å². The van der Waals surface area contributed by atoms with E-state index in [9.17, 15) is 13.2 Å². The molecule has 1 aliphatic heterocycles. The molecule has 0 unspecified atom stereocenters. The smallest absolute Gasteiger partial charge is 0.278 e. The van der Waals surface area contributed by atoms with Crippen molar-refractivity contribution < 1.29 is 22.7 Å². The fourth-order valence-corrected chi connectivity index (χ4v) is 5.66.